The number of carbonyl (C=O) groups excluding carboxylic acids is 7. The standard InChI is InChI=1S/C32H41N3O7.C26H32N2O5.C6H11NO3/c1-22(33-29(37)20-35-13-15-41-16-14-35)28(36)19-25(17-24-9-11-26(40-3)12-10-24)31(39)34-27(30(38)32(2)21-42-32)18-23-7-5-4-6-8-23;1-17(27)23(29)15-20(13-19-9-11-21(32-3)12-10-19)25(31)28-22(24(30)26(2)16-33-26)14-18-7-5-4-6-8-18;8-6(9)5-7-1-3-10-4-2-7/h4-12,22,25,27H,13-21H2,1-3H3,(H,33,37)(H,34,39);4-12,17,20,22H,13-16,27H2,1-3H3,(H,28,31);1-5H2,(H,8,9)/t22-,25+,27-,32+;17-,20+,22-,26+;/m00./s1. The predicted molar refractivity (Wildman–Crippen MR) is 316 cm³/mol. The molecule has 6 N–H and O–H groups in total. The summed E-state index contributed by atoms with van der Waals surface area (Å²) in [7, 11) is 3.16. The van der Waals surface area contributed by atoms with Crippen molar-refractivity contribution in [3.63, 3.8) is 0 Å². The van der Waals surface area contributed by atoms with Gasteiger partial charge in [0.1, 0.15) is 28.5 Å². The summed E-state index contributed by atoms with van der Waals surface area (Å²) in [5.41, 5.74) is 7.53. The van der Waals surface area contributed by atoms with Crippen LogP contribution < -0.4 is 31.2 Å². The van der Waals surface area contributed by atoms with Crippen LogP contribution in [0, 0.1) is 11.8 Å². The molecule has 4 aromatic carbocycles. The molecule has 0 saturated carbocycles. The molecular formula is C64H84N6O15. The number of benzene rings is 4. The van der Waals surface area contributed by atoms with Crippen molar-refractivity contribution < 1.29 is 71.9 Å². The number of hydrogen-bond acceptors (Lipinski definition) is 17. The molecule has 4 aliphatic rings. The van der Waals surface area contributed by atoms with Gasteiger partial charge in [-0.05, 0) is 99.9 Å². The third kappa shape index (κ3) is 22.3. The van der Waals surface area contributed by atoms with E-state index in [2.05, 4.69) is 16.0 Å². The van der Waals surface area contributed by atoms with E-state index in [1.807, 2.05) is 107 Å². The lowest BCUT2D eigenvalue weighted by Gasteiger charge is -2.27. The van der Waals surface area contributed by atoms with Crippen LogP contribution in [0.3, 0.4) is 0 Å². The highest BCUT2D eigenvalue weighted by Gasteiger charge is 2.51. The van der Waals surface area contributed by atoms with Crippen LogP contribution in [0.5, 0.6) is 11.5 Å². The Morgan fingerprint density at radius 2 is 0.906 bits per heavy atom. The molecule has 3 amide bonds. The van der Waals surface area contributed by atoms with Gasteiger partial charge in [-0.3, -0.25) is 48.2 Å². The Morgan fingerprint density at radius 3 is 1.26 bits per heavy atom. The van der Waals surface area contributed by atoms with Crippen molar-refractivity contribution in [3.8, 4) is 11.5 Å². The Balaban J connectivity index is 0.000000238. The number of epoxide rings is 2. The van der Waals surface area contributed by atoms with E-state index in [1.165, 1.54) is 0 Å². The van der Waals surface area contributed by atoms with Crippen molar-refractivity contribution >= 4 is 46.8 Å². The van der Waals surface area contributed by atoms with E-state index >= 15 is 0 Å². The molecule has 4 fully saturated rings. The van der Waals surface area contributed by atoms with Crippen LogP contribution in [0.15, 0.2) is 109 Å². The van der Waals surface area contributed by atoms with Gasteiger partial charge < -0.3 is 55.2 Å². The molecule has 4 saturated heterocycles. The van der Waals surface area contributed by atoms with Crippen LogP contribution in [0.25, 0.3) is 0 Å². The van der Waals surface area contributed by atoms with Crippen molar-refractivity contribution in [1.82, 2.24) is 25.8 Å². The summed E-state index contributed by atoms with van der Waals surface area (Å²) in [6, 6.07) is 30.6. The maximum absolute atomic E-state index is 13.8. The van der Waals surface area contributed by atoms with Crippen LogP contribution in [-0.2, 0) is 83.0 Å². The number of ketones is 4. The first-order chi connectivity index (χ1) is 40.7. The highest BCUT2D eigenvalue weighted by atomic mass is 16.6. The van der Waals surface area contributed by atoms with Gasteiger partial charge in [-0.15, -0.1) is 0 Å². The van der Waals surface area contributed by atoms with Gasteiger partial charge in [-0.25, -0.2) is 0 Å². The lowest BCUT2D eigenvalue weighted by atomic mass is 9.89. The van der Waals surface area contributed by atoms with Gasteiger partial charge >= 0.3 is 5.97 Å². The van der Waals surface area contributed by atoms with Crippen molar-refractivity contribution in [1.29, 1.82) is 0 Å². The number of Topliss-reactive ketones (excluding diaryl/α,β-unsaturated/α-hetero) is 4. The fourth-order valence-corrected chi connectivity index (χ4v) is 9.67. The Labute approximate surface area is 497 Å². The number of amides is 3. The minimum absolute atomic E-state index is 0.00442. The van der Waals surface area contributed by atoms with E-state index < -0.39 is 59.1 Å². The van der Waals surface area contributed by atoms with E-state index in [0.717, 1.165) is 35.3 Å². The monoisotopic (exact) mass is 1180 g/mol. The molecule has 85 heavy (non-hydrogen) atoms. The minimum atomic E-state index is -0.923. The van der Waals surface area contributed by atoms with Crippen LogP contribution in [0.4, 0.5) is 0 Å². The van der Waals surface area contributed by atoms with Crippen LogP contribution in [0.2, 0.25) is 0 Å². The second-order valence-electron chi connectivity index (χ2n) is 22.4. The van der Waals surface area contributed by atoms with Gasteiger partial charge in [0.15, 0.2) is 17.3 Å². The fourth-order valence-electron chi connectivity index (χ4n) is 9.67. The number of morpholine rings is 2. The molecule has 0 aliphatic carbocycles. The van der Waals surface area contributed by atoms with E-state index in [4.69, 9.17) is 39.3 Å². The SMILES string of the molecule is COc1ccc(C[C@H](CC(=O)[C@H](C)N)C(=O)N[C@@H](Cc2ccccc2)C(=O)[C@@]2(C)CO2)cc1.COc1ccc(C[C@H](CC(=O)[C@H](C)NC(=O)CN2CCOCC2)C(=O)N[C@@H](Cc2ccccc2)C(=O)[C@@]2(C)CO2)cc1.O=C(O)CN1CCOCC1. The zero-order valence-electron chi connectivity index (χ0n) is 49.7. The Kier molecular flexibility index (Phi) is 25.9. The van der Waals surface area contributed by atoms with Gasteiger partial charge in [-0.2, -0.15) is 0 Å². The molecule has 21 heteroatoms. The van der Waals surface area contributed by atoms with E-state index in [0.29, 0.717) is 83.5 Å². The smallest absolute Gasteiger partial charge is 0.317 e. The molecule has 21 nitrogen and oxygen atoms in total. The van der Waals surface area contributed by atoms with Crippen LogP contribution in [-0.4, -0.2) is 190 Å². The minimum Gasteiger partial charge on any atom is -0.497 e. The van der Waals surface area contributed by atoms with Crippen molar-refractivity contribution in [2.24, 2.45) is 17.6 Å². The molecule has 0 unspecified atom stereocenters. The second kappa shape index (κ2) is 32.9. The van der Waals surface area contributed by atoms with Gasteiger partial charge in [0.05, 0.1) is 91.1 Å². The molecule has 0 spiro atoms. The van der Waals surface area contributed by atoms with E-state index in [-0.39, 0.29) is 67.3 Å². The van der Waals surface area contributed by atoms with E-state index in [1.54, 1.807) is 54.0 Å². The number of nitrogens with zero attached hydrogens (tertiary/aromatic N) is 2. The number of carboxylic acids is 1. The normalized spacial score (nSPS) is 20.3. The predicted octanol–water partition coefficient (Wildman–Crippen LogP) is 3.38. The highest BCUT2D eigenvalue weighted by molar-refractivity contribution is 5.99. The average Bonchev–Trinajstić information content (AvgIpc) is 3.21. The van der Waals surface area contributed by atoms with E-state index in [9.17, 15) is 38.4 Å². The first-order valence-corrected chi connectivity index (χ1v) is 28.9. The molecule has 8 rings (SSSR count). The Morgan fingerprint density at radius 1 is 0.541 bits per heavy atom. The van der Waals surface area contributed by atoms with Crippen molar-refractivity contribution in [2.75, 3.05) is 93.1 Å². The lowest BCUT2D eigenvalue weighted by Crippen LogP contribution is -2.50. The summed E-state index contributed by atoms with van der Waals surface area (Å²) in [6.45, 7) is 12.9. The molecule has 0 aromatic heterocycles. The van der Waals surface area contributed by atoms with Gasteiger partial charge in [-0.1, -0.05) is 84.9 Å². The molecule has 0 bridgehead atoms. The fraction of sp³-hybridized carbons (Fsp3) is 0.500. The molecule has 0 radical (unpaired) electrons. The number of ether oxygens (including phenoxy) is 6. The first-order valence-electron chi connectivity index (χ1n) is 28.9. The zero-order chi connectivity index (χ0) is 61.5. The molecule has 460 valence electrons. The third-order valence-corrected chi connectivity index (χ3v) is 15.2. The first kappa shape index (κ1) is 66.9. The van der Waals surface area contributed by atoms with Crippen LogP contribution >= 0.6 is 0 Å². The lowest BCUT2D eigenvalue weighted by molar-refractivity contribution is -0.139. The number of nitrogens with one attached hydrogen (secondary N) is 3. The molecule has 4 aliphatic heterocycles. The molecular weight excluding hydrogens is 1090 g/mol. The molecule has 4 aromatic rings. The largest absolute Gasteiger partial charge is 0.497 e. The topological polar surface area (TPSA) is 287 Å². The summed E-state index contributed by atoms with van der Waals surface area (Å²) in [4.78, 5) is 106. The second-order valence-corrected chi connectivity index (χ2v) is 22.4. The summed E-state index contributed by atoms with van der Waals surface area (Å²) in [5.74, 6) is -2.62. The third-order valence-electron chi connectivity index (χ3n) is 15.2. The number of carboxylic acid groups (broad SMARTS) is 1. The number of hydrogen-bond donors (Lipinski definition) is 5. The average molecular weight is 1180 g/mol. The quantitative estimate of drug-likeness (QED) is 0.0487. The molecule has 8 atom stereocenters. The van der Waals surface area contributed by atoms with Crippen LogP contribution in [0.1, 0.15) is 62.8 Å². The Bertz CT molecular complexity index is 2820. The maximum Gasteiger partial charge on any atom is 0.317 e. The van der Waals surface area contributed by atoms with Crippen molar-refractivity contribution in [2.45, 2.75) is 102 Å². The number of rotatable bonds is 29. The Hall–Kier alpha value is -7.24. The highest BCUT2D eigenvalue weighted by Crippen LogP contribution is 2.31. The van der Waals surface area contributed by atoms with Gasteiger partial charge in [0.25, 0.3) is 0 Å². The summed E-state index contributed by atoms with van der Waals surface area (Å²) in [6.07, 6.45) is 1.17. The number of carbonyl (C=O) groups is 8. The summed E-state index contributed by atoms with van der Waals surface area (Å²) < 4.78 is 31.6. The molecule has 4 heterocycles. The summed E-state index contributed by atoms with van der Waals surface area (Å²) in [5, 5.41) is 17.0. The summed E-state index contributed by atoms with van der Waals surface area (Å²) >= 11 is 0. The van der Waals surface area contributed by atoms with Gasteiger partial charge in [0, 0.05) is 50.9 Å². The number of aliphatic carboxylic acids is 1. The van der Waals surface area contributed by atoms with Crippen molar-refractivity contribution in [3.05, 3.63) is 131 Å². The maximum atomic E-state index is 13.8. The van der Waals surface area contributed by atoms with Gasteiger partial charge in [0.2, 0.25) is 17.7 Å². The number of methoxy groups -OCH3 is 2. The number of nitrogens with two attached hydrogens (primary N) is 1. The zero-order valence-corrected chi connectivity index (χ0v) is 49.7.